The lowest BCUT2D eigenvalue weighted by atomic mass is 9.96. The molecule has 2 aliphatic heterocycles. The molecule has 11 heteroatoms. The average molecular weight is 833 g/mol. The SMILES string of the molecule is CO[C@H]1O[C@@H](C)[C@H](OCc2ccccc2)[C@@H](O[C@H]2O[C@H](COCc3ccccc3)[C@@H](OCc3ccccc3)[C@H](OCc3ccccc3)[C@H]2OCc2ccccc2)[C@H]1OC(C)=O. The summed E-state index contributed by atoms with van der Waals surface area (Å²) >= 11 is 0. The molecule has 5 aromatic carbocycles. The van der Waals surface area contributed by atoms with Gasteiger partial charge < -0.3 is 47.4 Å². The highest BCUT2D eigenvalue weighted by Crippen LogP contribution is 2.36. The minimum Gasteiger partial charge on any atom is -0.454 e. The van der Waals surface area contributed by atoms with Crippen molar-refractivity contribution >= 4 is 5.97 Å². The number of carbonyl (C=O) groups is 1. The quantitative estimate of drug-likeness (QED) is 0.0713. The van der Waals surface area contributed by atoms with Gasteiger partial charge in [0.15, 0.2) is 18.7 Å². The van der Waals surface area contributed by atoms with Crippen molar-refractivity contribution in [2.24, 2.45) is 0 Å². The van der Waals surface area contributed by atoms with Gasteiger partial charge in [-0.2, -0.15) is 0 Å². The van der Waals surface area contributed by atoms with Crippen molar-refractivity contribution in [2.75, 3.05) is 13.7 Å². The zero-order valence-corrected chi connectivity index (χ0v) is 34.9. The average Bonchev–Trinajstić information content (AvgIpc) is 3.29. The van der Waals surface area contributed by atoms with Crippen molar-refractivity contribution in [3.8, 4) is 0 Å². The summed E-state index contributed by atoms with van der Waals surface area (Å²) in [6.45, 7) is 4.70. The minimum atomic E-state index is -1.11. The Labute approximate surface area is 358 Å². The van der Waals surface area contributed by atoms with Crippen molar-refractivity contribution in [2.45, 2.75) is 108 Å². The van der Waals surface area contributed by atoms with E-state index in [1.54, 1.807) is 0 Å². The molecule has 0 saturated carbocycles. The molecular formula is C50H56O11. The molecule has 322 valence electrons. The number of methoxy groups -OCH3 is 1. The van der Waals surface area contributed by atoms with Gasteiger partial charge in [-0.15, -0.1) is 0 Å². The molecular weight excluding hydrogens is 777 g/mol. The van der Waals surface area contributed by atoms with Crippen LogP contribution in [0.3, 0.4) is 0 Å². The van der Waals surface area contributed by atoms with E-state index < -0.39 is 67.4 Å². The van der Waals surface area contributed by atoms with Crippen LogP contribution in [0.25, 0.3) is 0 Å². The Morgan fingerprint density at radius 3 is 1.33 bits per heavy atom. The van der Waals surface area contributed by atoms with Crippen molar-refractivity contribution in [1.29, 1.82) is 0 Å². The maximum absolute atomic E-state index is 12.8. The number of hydrogen-bond acceptors (Lipinski definition) is 11. The third kappa shape index (κ3) is 12.6. The number of rotatable bonds is 20. The summed E-state index contributed by atoms with van der Waals surface area (Å²) in [5, 5.41) is 0. The number of benzene rings is 5. The molecule has 61 heavy (non-hydrogen) atoms. The minimum absolute atomic E-state index is 0.136. The van der Waals surface area contributed by atoms with Crippen LogP contribution >= 0.6 is 0 Å². The number of carbonyl (C=O) groups excluding carboxylic acids is 1. The van der Waals surface area contributed by atoms with Crippen LogP contribution in [0.5, 0.6) is 0 Å². The molecule has 0 N–H and O–H groups in total. The lowest BCUT2D eigenvalue weighted by Crippen LogP contribution is -2.66. The summed E-state index contributed by atoms with van der Waals surface area (Å²) in [5.41, 5.74) is 4.86. The van der Waals surface area contributed by atoms with E-state index in [4.69, 9.17) is 47.4 Å². The van der Waals surface area contributed by atoms with Gasteiger partial charge in [0.1, 0.15) is 36.6 Å². The Kier molecular flexibility index (Phi) is 16.6. The highest BCUT2D eigenvalue weighted by Gasteiger charge is 2.54. The largest absolute Gasteiger partial charge is 0.454 e. The molecule has 2 saturated heterocycles. The molecule has 0 amide bonds. The van der Waals surface area contributed by atoms with Crippen LogP contribution in [0.15, 0.2) is 152 Å². The first-order valence-corrected chi connectivity index (χ1v) is 20.9. The van der Waals surface area contributed by atoms with Gasteiger partial charge in [-0.25, -0.2) is 0 Å². The highest BCUT2D eigenvalue weighted by molar-refractivity contribution is 5.66. The van der Waals surface area contributed by atoms with Crippen molar-refractivity contribution < 1.29 is 52.2 Å². The molecule has 2 aliphatic rings. The number of esters is 1. The van der Waals surface area contributed by atoms with E-state index in [0.717, 1.165) is 27.8 Å². The van der Waals surface area contributed by atoms with Crippen LogP contribution in [0, 0.1) is 0 Å². The van der Waals surface area contributed by atoms with E-state index in [-0.39, 0.29) is 33.0 Å². The van der Waals surface area contributed by atoms with Gasteiger partial charge in [0.2, 0.25) is 0 Å². The van der Waals surface area contributed by atoms with Crippen molar-refractivity contribution in [3.63, 3.8) is 0 Å². The smallest absolute Gasteiger partial charge is 0.303 e. The summed E-state index contributed by atoms with van der Waals surface area (Å²) in [5.74, 6) is -0.535. The van der Waals surface area contributed by atoms with E-state index in [2.05, 4.69) is 0 Å². The molecule has 0 spiro atoms. The summed E-state index contributed by atoms with van der Waals surface area (Å²) in [7, 11) is 1.50. The maximum atomic E-state index is 12.8. The standard InChI is InChI=1S/C50H56O11/c1-35-43(54-30-38-21-11-5-12-22-38)46(48(59-36(2)51)49(52-3)58-35)61-50-47(57-33-41-27-17-8-18-28-41)45(56-32-40-25-15-7-16-26-40)44(55-31-39-23-13-6-14-24-39)42(60-50)34-53-29-37-19-9-4-10-20-37/h4-28,35,42-50H,29-34H2,1-3H3/t35-,42+,43-,44+,45-,46+,47+,48+,49-,50+/m0/s1. The van der Waals surface area contributed by atoms with E-state index in [1.807, 2.05) is 159 Å². The molecule has 7 rings (SSSR count). The van der Waals surface area contributed by atoms with Crippen LogP contribution in [0.1, 0.15) is 41.7 Å². The Balaban J connectivity index is 1.27. The highest BCUT2D eigenvalue weighted by atomic mass is 16.8. The van der Waals surface area contributed by atoms with Crippen molar-refractivity contribution in [1.82, 2.24) is 0 Å². The van der Waals surface area contributed by atoms with Crippen LogP contribution in [0.2, 0.25) is 0 Å². The Morgan fingerprint density at radius 2 is 0.885 bits per heavy atom. The van der Waals surface area contributed by atoms with Crippen LogP contribution in [-0.2, 0) is 85.2 Å². The molecule has 0 bridgehead atoms. The van der Waals surface area contributed by atoms with Crippen molar-refractivity contribution in [3.05, 3.63) is 179 Å². The molecule has 10 atom stereocenters. The van der Waals surface area contributed by atoms with Gasteiger partial charge >= 0.3 is 5.97 Å². The summed E-state index contributed by atoms with van der Waals surface area (Å²) < 4.78 is 65.9. The van der Waals surface area contributed by atoms with E-state index in [0.29, 0.717) is 6.61 Å². The van der Waals surface area contributed by atoms with Gasteiger partial charge in [0, 0.05) is 14.0 Å². The number of hydrogen-bond donors (Lipinski definition) is 0. The van der Waals surface area contributed by atoms with Gasteiger partial charge in [-0.1, -0.05) is 152 Å². The summed E-state index contributed by atoms with van der Waals surface area (Å²) in [6.07, 6.45) is -8.36. The predicted molar refractivity (Wildman–Crippen MR) is 227 cm³/mol. The Hall–Kier alpha value is -4.79. The number of ether oxygens (including phenoxy) is 10. The second-order valence-corrected chi connectivity index (χ2v) is 15.2. The fourth-order valence-electron chi connectivity index (χ4n) is 7.64. The molecule has 0 unspecified atom stereocenters. The molecule has 0 aliphatic carbocycles. The van der Waals surface area contributed by atoms with E-state index in [9.17, 15) is 4.79 Å². The third-order valence-electron chi connectivity index (χ3n) is 10.7. The molecule has 0 radical (unpaired) electrons. The van der Waals surface area contributed by atoms with E-state index in [1.165, 1.54) is 14.0 Å². The van der Waals surface area contributed by atoms with E-state index >= 15 is 0 Å². The topological polar surface area (TPSA) is 109 Å². The Morgan fingerprint density at radius 1 is 0.475 bits per heavy atom. The second-order valence-electron chi connectivity index (χ2n) is 15.2. The normalized spacial score (nSPS) is 26.4. The zero-order valence-electron chi connectivity index (χ0n) is 34.9. The Bertz CT molecular complexity index is 1990. The fourth-order valence-corrected chi connectivity index (χ4v) is 7.64. The lowest BCUT2D eigenvalue weighted by molar-refractivity contribution is -0.371. The van der Waals surface area contributed by atoms with Gasteiger partial charge in [0.25, 0.3) is 0 Å². The first-order chi connectivity index (χ1) is 29.9. The summed E-state index contributed by atoms with van der Waals surface area (Å²) in [4.78, 5) is 12.8. The molecule has 2 heterocycles. The second kappa shape index (κ2) is 22.9. The first kappa shape index (κ1) is 44.3. The summed E-state index contributed by atoms with van der Waals surface area (Å²) in [6, 6.07) is 49.6. The van der Waals surface area contributed by atoms with Gasteiger partial charge in [0.05, 0.1) is 45.7 Å². The monoisotopic (exact) mass is 832 g/mol. The maximum Gasteiger partial charge on any atom is 0.303 e. The van der Waals surface area contributed by atoms with Gasteiger partial charge in [-0.05, 0) is 34.7 Å². The molecule has 5 aromatic rings. The van der Waals surface area contributed by atoms with Crippen LogP contribution in [-0.4, -0.2) is 81.1 Å². The van der Waals surface area contributed by atoms with Gasteiger partial charge in [-0.3, -0.25) is 4.79 Å². The first-order valence-electron chi connectivity index (χ1n) is 20.9. The van der Waals surface area contributed by atoms with Crippen LogP contribution < -0.4 is 0 Å². The molecule has 11 nitrogen and oxygen atoms in total. The third-order valence-corrected chi connectivity index (χ3v) is 10.7. The molecule has 2 fully saturated rings. The lowest BCUT2D eigenvalue weighted by Gasteiger charge is -2.49. The molecule has 0 aromatic heterocycles. The fraction of sp³-hybridized carbons (Fsp3) is 0.380. The van der Waals surface area contributed by atoms with Crippen LogP contribution in [0.4, 0.5) is 0 Å². The zero-order chi connectivity index (χ0) is 42.2. The predicted octanol–water partition coefficient (Wildman–Crippen LogP) is 7.98.